The molecule has 1 unspecified atom stereocenters. The maximum atomic E-state index is 12.2. The highest BCUT2D eigenvalue weighted by atomic mass is 79.9. The molecule has 4 heteroatoms. The molecule has 20 heavy (non-hydrogen) atoms. The molecule has 2 rings (SSSR count). The van der Waals surface area contributed by atoms with E-state index in [0.29, 0.717) is 10.6 Å². The molecule has 0 fully saturated rings. The summed E-state index contributed by atoms with van der Waals surface area (Å²) < 4.78 is 0.780. The van der Waals surface area contributed by atoms with Crippen LogP contribution < -0.4 is 5.32 Å². The van der Waals surface area contributed by atoms with E-state index < -0.39 is 0 Å². The predicted molar refractivity (Wildman–Crippen MR) is 86.2 cm³/mol. The zero-order valence-corrected chi connectivity index (χ0v) is 13.6. The van der Waals surface area contributed by atoms with Gasteiger partial charge in [0, 0.05) is 10.0 Å². The third kappa shape index (κ3) is 3.41. The van der Waals surface area contributed by atoms with Gasteiger partial charge in [-0.25, -0.2) is 0 Å². The first-order valence-corrected chi connectivity index (χ1v) is 7.47. The van der Waals surface area contributed by atoms with Gasteiger partial charge in [0.15, 0.2) is 0 Å². The summed E-state index contributed by atoms with van der Waals surface area (Å²) in [6.45, 7) is 4.01. The quantitative estimate of drug-likeness (QED) is 0.836. The molecule has 2 nitrogen and oxygen atoms in total. The van der Waals surface area contributed by atoms with E-state index in [4.69, 9.17) is 11.6 Å². The first kappa shape index (κ1) is 15.1. The lowest BCUT2D eigenvalue weighted by Gasteiger charge is -2.16. The van der Waals surface area contributed by atoms with Crippen molar-refractivity contribution >= 4 is 33.4 Å². The first-order valence-electron chi connectivity index (χ1n) is 6.30. The van der Waals surface area contributed by atoms with Crippen molar-refractivity contribution < 1.29 is 4.79 Å². The minimum atomic E-state index is -0.129. The molecule has 0 aromatic heterocycles. The molecule has 0 bridgehead atoms. The van der Waals surface area contributed by atoms with Crippen molar-refractivity contribution in [2.24, 2.45) is 0 Å². The fourth-order valence-corrected chi connectivity index (χ4v) is 2.49. The average molecular weight is 353 g/mol. The summed E-state index contributed by atoms with van der Waals surface area (Å²) in [5.41, 5.74) is 2.83. The Morgan fingerprint density at radius 2 is 1.95 bits per heavy atom. The summed E-state index contributed by atoms with van der Waals surface area (Å²) in [5.74, 6) is -0.129. The smallest absolute Gasteiger partial charge is 0.251 e. The maximum Gasteiger partial charge on any atom is 0.251 e. The molecule has 0 saturated heterocycles. The Kier molecular flexibility index (Phi) is 4.84. The highest BCUT2D eigenvalue weighted by molar-refractivity contribution is 9.10. The molecule has 2 aromatic rings. The standard InChI is InChI=1S/C16H15BrClNO/c1-10-5-3-4-6-13(10)11(2)19-16(20)12-7-8-14(17)15(18)9-12/h3-9,11H,1-2H3,(H,19,20). The van der Waals surface area contributed by atoms with E-state index in [9.17, 15) is 4.79 Å². The van der Waals surface area contributed by atoms with Crippen molar-refractivity contribution in [2.45, 2.75) is 19.9 Å². The van der Waals surface area contributed by atoms with Crippen LogP contribution >= 0.6 is 27.5 Å². The van der Waals surface area contributed by atoms with Crippen LogP contribution in [-0.2, 0) is 0 Å². The van der Waals surface area contributed by atoms with Crippen LogP contribution in [0.2, 0.25) is 5.02 Å². The molecule has 0 saturated carbocycles. The Morgan fingerprint density at radius 3 is 2.60 bits per heavy atom. The summed E-state index contributed by atoms with van der Waals surface area (Å²) in [7, 11) is 0. The van der Waals surface area contributed by atoms with Gasteiger partial charge in [-0.2, -0.15) is 0 Å². The molecule has 0 heterocycles. The normalized spacial score (nSPS) is 12.0. The summed E-state index contributed by atoms with van der Waals surface area (Å²) in [5, 5.41) is 3.52. The van der Waals surface area contributed by atoms with Crippen molar-refractivity contribution in [3.05, 3.63) is 68.7 Å². The molecular weight excluding hydrogens is 338 g/mol. The van der Waals surface area contributed by atoms with E-state index >= 15 is 0 Å². The van der Waals surface area contributed by atoms with Gasteiger partial charge in [-0.15, -0.1) is 0 Å². The van der Waals surface area contributed by atoms with Gasteiger partial charge in [0.05, 0.1) is 11.1 Å². The number of benzene rings is 2. The molecule has 0 spiro atoms. The summed E-state index contributed by atoms with van der Waals surface area (Å²) in [6, 6.07) is 13.1. The zero-order valence-electron chi connectivity index (χ0n) is 11.3. The fraction of sp³-hybridized carbons (Fsp3) is 0.188. The van der Waals surface area contributed by atoms with Gasteiger partial charge in [-0.3, -0.25) is 4.79 Å². The molecular formula is C16H15BrClNO. The molecule has 104 valence electrons. The number of halogens is 2. The average Bonchev–Trinajstić information content (AvgIpc) is 2.42. The maximum absolute atomic E-state index is 12.2. The Labute approximate surface area is 132 Å². The molecule has 1 N–H and O–H groups in total. The minimum Gasteiger partial charge on any atom is -0.346 e. The number of hydrogen-bond acceptors (Lipinski definition) is 1. The van der Waals surface area contributed by atoms with Crippen LogP contribution in [0.15, 0.2) is 46.9 Å². The summed E-state index contributed by atoms with van der Waals surface area (Å²) in [6.07, 6.45) is 0. The molecule has 0 aliphatic carbocycles. The lowest BCUT2D eigenvalue weighted by atomic mass is 10.0. The van der Waals surface area contributed by atoms with Crippen LogP contribution in [0.4, 0.5) is 0 Å². The van der Waals surface area contributed by atoms with Gasteiger partial charge < -0.3 is 5.32 Å². The van der Waals surface area contributed by atoms with Crippen molar-refractivity contribution in [3.63, 3.8) is 0 Å². The molecule has 2 aromatic carbocycles. The van der Waals surface area contributed by atoms with E-state index in [1.54, 1.807) is 18.2 Å². The molecule has 1 atom stereocenters. The van der Waals surface area contributed by atoms with Crippen LogP contribution in [0, 0.1) is 6.92 Å². The Morgan fingerprint density at radius 1 is 1.25 bits per heavy atom. The number of aryl methyl sites for hydroxylation is 1. The van der Waals surface area contributed by atoms with E-state index in [0.717, 1.165) is 15.6 Å². The van der Waals surface area contributed by atoms with Crippen molar-refractivity contribution in [1.82, 2.24) is 5.32 Å². The van der Waals surface area contributed by atoms with Gasteiger partial charge in [-0.05, 0) is 59.1 Å². The lowest BCUT2D eigenvalue weighted by molar-refractivity contribution is 0.0940. The van der Waals surface area contributed by atoms with Crippen LogP contribution in [0.3, 0.4) is 0 Å². The monoisotopic (exact) mass is 351 g/mol. The molecule has 0 aliphatic heterocycles. The number of hydrogen-bond donors (Lipinski definition) is 1. The minimum absolute atomic E-state index is 0.0499. The van der Waals surface area contributed by atoms with Gasteiger partial charge in [0.25, 0.3) is 5.91 Å². The van der Waals surface area contributed by atoms with E-state index in [2.05, 4.69) is 21.2 Å². The van der Waals surface area contributed by atoms with Crippen LogP contribution in [0.1, 0.15) is 34.5 Å². The summed E-state index contributed by atoms with van der Waals surface area (Å²) in [4.78, 5) is 12.2. The van der Waals surface area contributed by atoms with Gasteiger partial charge in [-0.1, -0.05) is 35.9 Å². The molecule has 0 aliphatic rings. The third-order valence-corrected chi connectivity index (χ3v) is 4.42. The molecule has 1 amide bonds. The fourth-order valence-electron chi connectivity index (χ4n) is 2.07. The highest BCUT2D eigenvalue weighted by Gasteiger charge is 2.13. The van der Waals surface area contributed by atoms with Gasteiger partial charge in [0.1, 0.15) is 0 Å². The lowest BCUT2D eigenvalue weighted by Crippen LogP contribution is -2.27. The van der Waals surface area contributed by atoms with Crippen LogP contribution in [0.25, 0.3) is 0 Å². The van der Waals surface area contributed by atoms with E-state index in [1.165, 1.54) is 0 Å². The Balaban J connectivity index is 2.15. The molecule has 0 radical (unpaired) electrons. The number of nitrogens with one attached hydrogen (secondary N) is 1. The van der Waals surface area contributed by atoms with Gasteiger partial charge >= 0.3 is 0 Å². The summed E-state index contributed by atoms with van der Waals surface area (Å²) >= 11 is 9.32. The zero-order chi connectivity index (χ0) is 14.7. The number of carbonyl (C=O) groups excluding carboxylic acids is 1. The van der Waals surface area contributed by atoms with Crippen LogP contribution in [-0.4, -0.2) is 5.91 Å². The van der Waals surface area contributed by atoms with Crippen molar-refractivity contribution in [3.8, 4) is 0 Å². The number of amides is 1. The van der Waals surface area contributed by atoms with Gasteiger partial charge in [0.2, 0.25) is 0 Å². The van der Waals surface area contributed by atoms with E-state index in [-0.39, 0.29) is 11.9 Å². The number of rotatable bonds is 3. The third-order valence-electron chi connectivity index (χ3n) is 3.18. The highest BCUT2D eigenvalue weighted by Crippen LogP contribution is 2.24. The van der Waals surface area contributed by atoms with Crippen LogP contribution in [0.5, 0.6) is 0 Å². The second kappa shape index (κ2) is 6.42. The van der Waals surface area contributed by atoms with Crippen molar-refractivity contribution in [2.75, 3.05) is 0 Å². The second-order valence-corrected chi connectivity index (χ2v) is 5.94. The van der Waals surface area contributed by atoms with Crippen molar-refractivity contribution in [1.29, 1.82) is 0 Å². The number of carbonyl (C=O) groups is 1. The first-order chi connectivity index (χ1) is 9.49. The van der Waals surface area contributed by atoms with E-state index in [1.807, 2.05) is 38.1 Å². The SMILES string of the molecule is Cc1ccccc1C(C)NC(=O)c1ccc(Br)c(Cl)c1. The second-order valence-electron chi connectivity index (χ2n) is 4.68. The largest absolute Gasteiger partial charge is 0.346 e. The Bertz CT molecular complexity index is 642. The topological polar surface area (TPSA) is 29.1 Å². The predicted octanol–water partition coefficient (Wildman–Crippen LogP) is 4.90. The Hall–Kier alpha value is -1.32.